The fraction of sp³-hybridized carbons (Fsp3) is 0.700. The van der Waals surface area contributed by atoms with Crippen LogP contribution >= 0.6 is 0 Å². The number of hydrogen-bond acceptors (Lipinski definition) is 6. The lowest BCUT2D eigenvalue weighted by Crippen LogP contribution is -2.60. The van der Waals surface area contributed by atoms with Gasteiger partial charge >= 0.3 is 0 Å². The predicted molar refractivity (Wildman–Crippen MR) is 96.9 cm³/mol. The van der Waals surface area contributed by atoms with Gasteiger partial charge in [0.1, 0.15) is 5.60 Å². The molecule has 0 aromatic carbocycles. The van der Waals surface area contributed by atoms with Gasteiger partial charge in [0.15, 0.2) is 0 Å². The van der Waals surface area contributed by atoms with Crippen molar-refractivity contribution in [2.24, 2.45) is 17.8 Å². The van der Waals surface area contributed by atoms with E-state index in [1.165, 1.54) is 5.56 Å². The van der Waals surface area contributed by atoms with Crippen LogP contribution < -0.4 is 0 Å². The first kappa shape index (κ1) is 17.6. The van der Waals surface area contributed by atoms with Crippen molar-refractivity contribution in [3.05, 3.63) is 30.1 Å². The van der Waals surface area contributed by atoms with Crippen LogP contribution in [0, 0.1) is 17.8 Å². The van der Waals surface area contributed by atoms with Crippen molar-refractivity contribution in [1.82, 2.24) is 14.8 Å². The first-order chi connectivity index (χ1) is 13.2. The standard InChI is InChI=1S/C20H27N3O4/c24-19(18-16-10-26-11-17(16)18)23-6-8-27-20(13-23)12-22(5-7-25-14-20)9-15-1-3-21-4-2-15/h1-4,16-18H,5-14H2/t16-,17+,18?,20?. The number of morpholine rings is 1. The molecule has 1 aliphatic carbocycles. The molecule has 1 aromatic rings. The number of ether oxygens (including phenoxy) is 3. The van der Waals surface area contributed by atoms with Crippen molar-refractivity contribution in [3.8, 4) is 0 Å². The van der Waals surface area contributed by atoms with Crippen LogP contribution in [0.15, 0.2) is 24.5 Å². The number of pyridine rings is 1. The van der Waals surface area contributed by atoms with E-state index in [0.717, 1.165) is 32.8 Å². The molecule has 4 heterocycles. The maximum absolute atomic E-state index is 13.0. The maximum Gasteiger partial charge on any atom is 0.226 e. The molecule has 1 spiro atoms. The Hall–Kier alpha value is -1.54. The lowest BCUT2D eigenvalue weighted by Gasteiger charge is -2.43. The van der Waals surface area contributed by atoms with E-state index in [1.807, 2.05) is 29.4 Å². The van der Waals surface area contributed by atoms with Gasteiger partial charge in [-0.05, 0) is 29.5 Å². The summed E-state index contributed by atoms with van der Waals surface area (Å²) in [7, 11) is 0. The number of carbonyl (C=O) groups excluding carboxylic acids is 1. The predicted octanol–water partition coefficient (Wildman–Crippen LogP) is 0.404. The van der Waals surface area contributed by atoms with Gasteiger partial charge in [0.2, 0.25) is 5.91 Å². The number of fused-ring (bicyclic) bond motifs is 1. The van der Waals surface area contributed by atoms with Gasteiger partial charge in [-0.2, -0.15) is 0 Å². The van der Waals surface area contributed by atoms with Gasteiger partial charge in [0.05, 0.1) is 39.6 Å². The Morgan fingerprint density at radius 2 is 1.93 bits per heavy atom. The minimum absolute atomic E-state index is 0.175. The third kappa shape index (κ3) is 3.49. The van der Waals surface area contributed by atoms with Gasteiger partial charge in [-0.25, -0.2) is 0 Å². The Kier molecular flexibility index (Phi) is 4.63. The monoisotopic (exact) mass is 373 g/mol. The summed E-state index contributed by atoms with van der Waals surface area (Å²) in [6.45, 7) is 7.10. The Labute approximate surface area is 159 Å². The van der Waals surface area contributed by atoms with Crippen LogP contribution in [-0.2, 0) is 25.5 Å². The lowest BCUT2D eigenvalue weighted by atomic mass is 10.0. The molecule has 7 nitrogen and oxygen atoms in total. The average Bonchev–Trinajstić information content (AvgIpc) is 3.24. The van der Waals surface area contributed by atoms with Gasteiger partial charge in [0.25, 0.3) is 0 Å². The molecule has 2 unspecified atom stereocenters. The lowest BCUT2D eigenvalue weighted by molar-refractivity contribution is -0.163. The first-order valence-electron chi connectivity index (χ1n) is 9.94. The molecule has 27 heavy (non-hydrogen) atoms. The second kappa shape index (κ2) is 7.13. The zero-order valence-electron chi connectivity index (χ0n) is 15.6. The molecular weight excluding hydrogens is 346 g/mol. The van der Waals surface area contributed by atoms with Gasteiger partial charge in [-0.3, -0.25) is 14.7 Å². The van der Waals surface area contributed by atoms with E-state index >= 15 is 0 Å². The number of aromatic nitrogens is 1. The average molecular weight is 373 g/mol. The van der Waals surface area contributed by atoms with Gasteiger partial charge in [-0.1, -0.05) is 0 Å². The van der Waals surface area contributed by atoms with E-state index in [-0.39, 0.29) is 5.92 Å². The van der Waals surface area contributed by atoms with E-state index in [4.69, 9.17) is 14.2 Å². The smallest absolute Gasteiger partial charge is 0.226 e. The summed E-state index contributed by atoms with van der Waals surface area (Å²) >= 11 is 0. The second-order valence-electron chi connectivity index (χ2n) is 8.30. The van der Waals surface area contributed by atoms with Crippen LogP contribution in [0.1, 0.15) is 5.56 Å². The van der Waals surface area contributed by atoms with Gasteiger partial charge in [0, 0.05) is 44.5 Å². The van der Waals surface area contributed by atoms with Crippen molar-refractivity contribution in [2.45, 2.75) is 12.1 Å². The van der Waals surface area contributed by atoms with Crippen LogP contribution in [0.25, 0.3) is 0 Å². The molecule has 0 radical (unpaired) electrons. The molecule has 146 valence electrons. The number of rotatable bonds is 3. The van der Waals surface area contributed by atoms with Crippen LogP contribution in [0.3, 0.4) is 0 Å². The van der Waals surface area contributed by atoms with Crippen molar-refractivity contribution in [3.63, 3.8) is 0 Å². The fourth-order valence-corrected chi connectivity index (χ4v) is 4.90. The molecule has 1 amide bonds. The van der Waals surface area contributed by atoms with E-state index in [0.29, 0.717) is 50.7 Å². The summed E-state index contributed by atoms with van der Waals surface area (Å²) in [5.74, 6) is 1.36. The fourth-order valence-electron chi connectivity index (χ4n) is 4.90. The highest BCUT2D eigenvalue weighted by Crippen LogP contribution is 2.51. The molecule has 1 saturated carbocycles. The summed E-state index contributed by atoms with van der Waals surface area (Å²) < 4.78 is 17.6. The molecule has 4 fully saturated rings. The van der Waals surface area contributed by atoms with Crippen molar-refractivity contribution in [2.75, 3.05) is 59.2 Å². The molecule has 0 N–H and O–H groups in total. The second-order valence-corrected chi connectivity index (χ2v) is 8.30. The first-order valence-corrected chi connectivity index (χ1v) is 9.94. The zero-order valence-corrected chi connectivity index (χ0v) is 15.6. The summed E-state index contributed by atoms with van der Waals surface area (Å²) in [6, 6.07) is 4.09. The highest BCUT2D eigenvalue weighted by atomic mass is 16.5. The van der Waals surface area contributed by atoms with E-state index < -0.39 is 5.60 Å². The molecule has 0 bridgehead atoms. The summed E-state index contributed by atoms with van der Waals surface area (Å²) in [4.78, 5) is 21.5. The van der Waals surface area contributed by atoms with Crippen molar-refractivity contribution >= 4 is 5.91 Å². The minimum atomic E-state index is -0.433. The highest BCUT2D eigenvalue weighted by Gasteiger charge is 2.59. The Balaban J connectivity index is 1.26. The van der Waals surface area contributed by atoms with Gasteiger partial charge in [-0.15, -0.1) is 0 Å². The van der Waals surface area contributed by atoms with Crippen molar-refractivity contribution in [1.29, 1.82) is 0 Å². The highest BCUT2D eigenvalue weighted by molar-refractivity contribution is 5.82. The number of carbonyl (C=O) groups is 1. The third-order valence-electron chi connectivity index (χ3n) is 6.38. The summed E-state index contributed by atoms with van der Waals surface area (Å²) in [5, 5.41) is 0. The molecule has 5 rings (SSSR count). The quantitative estimate of drug-likeness (QED) is 0.765. The SMILES string of the molecule is O=C(C1[C@H]2COC[C@@H]12)N1CCOC2(COCCN(Cc3ccncc3)C2)C1. The number of nitrogens with zero attached hydrogens (tertiary/aromatic N) is 3. The Morgan fingerprint density at radius 1 is 1.11 bits per heavy atom. The van der Waals surface area contributed by atoms with Crippen molar-refractivity contribution < 1.29 is 19.0 Å². The molecule has 3 aliphatic heterocycles. The molecule has 7 heteroatoms. The minimum Gasteiger partial charge on any atom is -0.381 e. The van der Waals surface area contributed by atoms with Gasteiger partial charge < -0.3 is 19.1 Å². The summed E-state index contributed by atoms with van der Waals surface area (Å²) in [5.41, 5.74) is 0.800. The normalized spacial score (nSPS) is 36.4. The zero-order chi connectivity index (χ0) is 18.3. The Bertz CT molecular complexity index is 677. The maximum atomic E-state index is 13.0. The molecule has 3 saturated heterocycles. The number of hydrogen-bond donors (Lipinski definition) is 0. The summed E-state index contributed by atoms with van der Waals surface area (Å²) in [6.07, 6.45) is 3.65. The van der Waals surface area contributed by atoms with Crippen LogP contribution in [-0.4, -0.2) is 85.5 Å². The third-order valence-corrected chi connectivity index (χ3v) is 6.38. The number of amides is 1. The topological polar surface area (TPSA) is 64.1 Å². The molecule has 4 aliphatic rings. The van der Waals surface area contributed by atoms with E-state index in [1.54, 1.807) is 0 Å². The largest absolute Gasteiger partial charge is 0.381 e. The van der Waals surface area contributed by atoms with E-state index in [9.17, 15) is 4.79 Å². The Morgan fingerprint density at radius 3 is 2.74 bits per heavy atom. The van der Waals surface area contributed by atoms with E-state index in [2.05, 4.69) is 9.88 Å². The van der Waals surface area contributed by atoms with Crippen LogP contribution in [0.4, 0.5) is 0 Å². The molecule has 1 aromatic heterocycles. The van der Waals surface area contributed by atoms with Crippen LogP contribution in [0.5, 0.6) is 0 Å². The van der Waals surface area contributed by atoms with Crippen LogP contribution in [0.2, 0.25) is 0 Å². The molecular formula is C20H27N3O4. The molecule has 4 atom stereocenters.